The lowest BCUT2D eigenvalue weighted by atomic mass is 9.99. The number of carbonyl (C=O) groups is 4. The largest absolute Gasteiger partial charge is 0.472 e. The number of ether oxygens (including phenoxy) is 4. The van der Waals surface area contributed by atoms with E-state index in [-0.39, 0.29) is 25.7 Å². The molecule has 0 aromatic rings. The summed E-state index contributed by atoms with van der Waals surface area (Å²) in [6, 6.07) is 0. The summed E-state index contributed by atoms with van der Waals surface area (Å²) in [5, 5.41) is 10.5. The highest BCUT2D eigenvalue weighted by Crippen LogP contribution is 2.45. The topological polar surface area (TPSA) is 237 Å². The van der Waals surface area contributed by atoms with Crippen LogP contribution in [0.25, 0.3) is 0 Å². The second-order valence-electron chi connectivity index (χ2n) is 24.6. The van der Waals surface area contributed by atoms with Gasteiger partial charge >= 0.3 is 39.5 Å². The summed E-state index contributed by atoms with van der Waals surface area (Å²) >= 11 is 0. The van der Waals surface area contributed by atoms with E-state index in [1.165, 1.54) is 96.3 Å². The van der Waals surface area contributed by atoms with E-state index in [1.54, 1.807) is 0 Å². The number of rotatable bonds is 61. The first-order chi connectivity index (χ1) is 39.7. The highest BCUT2D eigenvalue weighted by molar-refractivity contribution is 7.47. The van der Waals surface area contributed by atoms with Gasteiger partial charge in [-0.05, 0) is 49.4 Å². The highest BCUT2D eigenvalue weighted by atomic mass is 31.2. The van der Waals surface area contributed by atoms with Gasteiger partial charge in [-0.1, -0.05) is 254 Å². The molecule has 492 valence electrons. The Morgan fingerprint density at radius 2 is 0.578 bits per heavy atom. The number of hydrogen-bond donors (Lipinski definition) is 3. The molecular weight excluding hydrogens is 1100 g/mol. The average molecular weight is 1230 g/mol. The Labute approximate surface area is 505 Å². The monoisotopic (exact) mass is 1230 g/mol. The van der Waals surface area contributed by atoms with E-state index in [1.807, 2.05) is 0 Å². The van der Waals surface area contributed by atoms with Crippen molar-refractivity contribution in [2.24, 2.45) is 23.7 Å². The number of unbranched alkanes of at least 4 members (excludes halogenated alkanes) is 25. The van der Waals surface area contributed by atoms with E-state index in [9.17, 15) is 43.2 Å². The molecule has 0 amide bonds. The average Bonchev–Trinajstić information content (AvgIpc) is 3.44. The zero-order valence-electron chi connectivity index (χ0n) is 53.8. The molecule has 0 radical (unpaired) electrons. The summed E-state index contributed by atoms with van der Waals surface area (Å²) < 4.78 is 68.0. The first-order valence-corrected chi connectivity index (χ1v) is 36.3. The Kier molecular flexibility index (Phi) is 53.0. The predicted molar refractivity (Wildman–Crippen MR) is 331 cm³/mol. The first-order valence-electron chi connectivity index (χ1n) is 33.3. The van der Waals surface area contributed by atoms with Crippen molar-refractivity contribution >= 4 is 39.5 Å². The molecular formula is C64H124O17P2. The minimum Gasteiger partial charge on any atom is -0.462 e. The molecule has 0 heterocycles. The second-order valence-corrected chi connectivity index (χ2v) is 27.5. The molecule has 17 nitrogen and oxygen atoms in total. The smallest absolute Gasteiger partial charge is 0.462 e. The molecule has 83 heavy (non-hydrogen) atoms. The summed E-state index contributed by atoms with van der Waals surface area (Å²) in [6.45, 7) is 14.0. The van der Waals surface area contributed by atoms with Crippen molar-refractivity contribution in [2.75, 3.05) is 39.6 Å². The van der Waals surface area contributed by atoms with Crippen LogP contribution in [0, 0.1) is 23.7 Å². The molecule has 0 aromatic carbocycles. The van der Waals surface area contributed by atoms with Gasteiger partial charge in [-0.2, -0.15) is 0 Å². The fourth-order valence-corrected chi connectivity index (χ4v) is 10.9. The minimum atomic E-state index is -4.95. The van der Waals surface area contributed by atoms with Crippen molar-refractivity contribution in [3.8, 4) is 0 Å². The molecule has 0 aliphatic heterocycles. The van der Waals surface area contributed by atoms with E-state index < -0.39 is 97.5 Å². The van der Waals surface area contributed by atoms with Gasteiger partial charge < -0.3 is 33.8 Å². The molecule has 0 spiro atoms. The number of phosphoric ester groups is 2. The van der Waals surface area contributed by atoms with Crippen molar-refractivity contribution in [1.82, 2.24) is 0 Å². The van der Waals surface area contributed by atoms with E-state index in [0.717, 1.165) is 120 Å². The third-order valence-electron chi connectivity index (χ3n) is 15.3. The third kappa shape index (κ3) is 56.3. The van der Waals surface area contributed by atoms with Crippen LogP contribution < -0.4 is 0 Å². The molecule has 0 saturated heterocycles. The van der Waals surface area contributed by atoms with Gasteiger partial charge in [0, 0.05) is 25.7 Å². The quantitative estimate of drug-likeness (QED) is 0.0222. The van der Waals surface area contributed by atoms with E-state index in [2.05, 4.69) is 55.4 Å². The molecule has 7 atom stereocenters. The second kappa shape index (κ2) is 54.2. The maximum Gasteiger partial charge on any atom is 0.472 e. The summed E-state index contributed by atoms with van der Waals surface area (Å²) in [5.41, 5.74) is 0. The molecule has 0 aliphatic rings. The Morgan fingerprint density at radius 1 is 0.337 bits per heavy atom. The van der Waals surface area contributed by atoms with E-state index >= 15 is 0 Å². The lowest BCUT2D eigenvalue weighted by molar-refractivity contribution is -0.161. The molecule has 0 aliphatic carbocycles. The maximum atomic E-state index is 13.0. The third-order valence-corrected chi connectivity index (χ3v) is 17.2. The number of carbonyl (C=O) groups excluding carboxylic acids is 4. The molecule has 19 heteroatoms. The minimum absolute atomic E-state index is 0.103. The zero-order valence-corrected chi connectivity index (χ0v) is 55.6. The summed E-state index contributed by atoms with van der Waals surface area (Å²) in [7, 11) is -9.89. The Bertz CT molecular complexity index is 1670. The molecule has 0 saturated carbocycles. The van der Waals surface area contributed by atoms with Gasteiger partial charge in [0.2, 0.25) is 0 Å². The summed E-state index contributed by atoms with van der Waals surface area (Å²) in [6.07, 6.45) is 33.5. The normalized spacial score (nSPS) is 15.1. The van der Waals surface area contributed by atoms with Gasteiger partial charge in [0.1, 0.15) is 19.3 Å². The molecule has 0 fully saturated rings. The zero-order chi connectivity index (χ0) is 61.8. The first kappa shape index (κ1) is 81.1. The lowest BCUT2D eigenvalue weighted by Gasteiger charge is -2.21. The van der Waals surface area contributed by atoms with Crippen molar-refractivity contribution in [3.05, 3.63) is 0 Å². The van der Waals surface area contributed by atoms with Gasteiger partial charge in [-0.3, -0.25) is 37.3 Å². The standard InChI is InChI=1S/C64H124O17P2/c1-9-56(7)42-34-26-18-12-14-20-31-39-47-64(69)80-59(50-74-61(66)44-36-28-21-15-17-25-33-41-55(5)6)52-78-82(70,71)76-48-58(65)49-77-83(72,73)79-53-60(51-75-62(67)45-37-29-23-22-27-35-43-57(8)10-2)81-63(68)46-38-30-19-13-11-16-24-32-40-54(3)4/h54-60,65H,9-53H2,1-8H3,(H,70,71)(H,72,73)/t56?,57?,58?,59-,60-/m1/s1. The fraction of sp³-hybridized carbons (Fsp3) is 0.938. The molecule has 3 N–H and O–H groups in total. The number of aliphatic hydroxyl groups is 1. The van der Waals surface area contributed by atoms with Crippen LogP contribution in [0.4, 0.5) is 0 Å². The SMILES string of the molecule is CCC(C)CCCCCCCCCCC(=O)O[C@H](COC(=O)CCCCCCCCCC(C)C)COP(=O)(O)OCC(O)COP(=O)(O)OC[C@@H](COC(=O)CCCCCCCCC(C)CC)OC(=O)CCCCCCCCCCC(C)C. The van der Waals surface area contributed by atoms with Gasteiger partial charge in [-0.15, -0.1) is 0 Å². The van der Waals surface area contributed by atoms with Crippen molar-refractivity contribution in [2.45, 2.75) is 324 Å². The Morgan fingerprint density at radius 3 is 0.855 bits per heavy atom. The predicted octanol–water partition coefficient (Wildman–Crippen LogP) is 17.4. The Balaban J connectivity index is 5.27. The Hall–Kier alpha value is -1.94. The molecule has 0 aromatic heterocycles. The van der Waals surface area contributed by atoms with Crippen LogP contribution in [-0.4, -0.2) is 96.7 Å². The van der Waals surface area contributed by atoms with Crippen molar-refractivity contribution < 1.29 is 80.2 Å². The highest BCUT2D eigenvalue weighted by Gasteiger charge is 2.30. The number of phosphoric acid groups is 2. The van der Waals surface area contributed by atoms with Crippen LogP contribution in [0.15, 0.2) is 0 Å². The molecule has 5 unspecified atom stereocenters. The van der Waals surface area contributed by atoms with E-state index in [4.69, 9.17) is 37.0 Å². The van der Waals surface area contributed by atoms with Crippen LogP contribution in [0.1, 0.15) is 306 Å². The van der Waals surface area contributed by atoms with Crippen LogP contribution in [0.5, 0.6) is 0 Å². The molecule has 0 rings (SSSR count). The van der Waals surface area contributed by atoms with Gasteiger partial charge in [-0.25, -0.2) is 9.13 Å². The van der Waals surface area contributed by atoms with Crippen LogP contribution in [0.2, 0.25) is 0 Å². The maximum absolute atomic E-state index is 13.0. The lowest BCUT2D eigenvalue weighted by Crippen LogP contribution is -2.30. The van der Waals surface area contributed by atoms with Crippen molar-refractivity contribution in [3.63, 3.8) is 0 Å². The van der Waals surface area contributed by atoms with Crippen LogP contribution in [-0.2, 0) is 65.4 Å². The number of esters is 4. The number of hydrogen-bond acceptors (Lipinski definition) is 15. The molecule has 0 bridgehead atoms. The van der Waals surface area contributed by atoms with Crippen molar-refractivity contribution in [1.29, 1.82) is 0 Å². The summed E-state index contributed by atoms with van der Waals surface area (Å²) in [4.78, 5) is 72.2. The van der Waals surface area contributed by atoms with Gasteiger partial charge in [0.05, 0.1) is 26.4 Å². The fourth-order valence-electron chi connectivity index (χ4n) is 9.36. The summed E-state index contributed by atoms with van der Waals surface area (Å²) in [5.74, 6) is 0.781. The van der Waals surface area contributed by atoms with Gasteiger partial charge in [0.15, 0.2) is 12.2 Å². The van der Waals surface area contributed by atoms with E-state index in [0.29, 0.717) is 31.6 Å². The van der Waals surface area contributed by atoms with Crippen LogP contribution >= 0.6 is 15.6 Å². The van der Waals surface area contributed by atoms with Gasteiger partial charge in [0.25, 0.3) is 0 Å². The number of aliphatic hydroxyl groups excluding tert-OH is 1. The van der Waals surface area contributed by atoms with Crippen LogP contribution in [0.3, 0.4) is 0 Å².